The van der Waals surface area contributed by atoms with E-state index in [4.69, 9.17) is 0 Å². The molecule has 118 valence electrons. The molecule has 1 N–H and O–H groups in total. The highest BCUT2D eigenvalue weighted by Crippen LogP contribution is 2.36. The molecule has 2 rings (SSSR count). The fraction of sp³-hybridized carbons (Fsp3) is 0.600. The summed E-state index contributed by atoms with van der Waals surface area (Å²) in [5.41, 5.74) is -0.111. The van der Waals surface area contributed by atoms with Gasteiger partial charge in [-0.25, -0.2) is 0 Å². The first-order chi connectivity index (χ1) is 9.77. The second-order valence-electron chi connectivity index (χ2n) is 5.77. The Hall–Kier alpha value is -0.750. The fourth-order valence-corrected chi connectivity index (χ4v) is 3.21. The van der Waals surface area contributed by atoms with Crippen molar-refractivity contribution < 1.29 is 13.2 Å². The number of hydrogen-bond donors (Lipinski definition) is 1. The first-order valence-electron chi connectivity index (χ1n) is 7.09. The van der Waals surface area contributed by atoms with Crippen molar-refractivity contribution in [1.29, 1.82) is 0 Å². The fourth-order valence-electron chi connectivity index (χ4n) is 2.74. The molecule has 1 unspecified atom stereocenters. The van der Waals surface area contributed by atoms with Crippen LogP contribution in [-0.2, 0) is 6.18 Å². The Morgan fingerprint density at radius 3 is 2.48 bits per heavy atom. The summed E-state index contributed by atoms with van der Waals surface area (Å²) in [7, 11) is 2.10. The lowest BCUT2D eigenvalue weighted by molar-refractivity contribution is -0.138. The number of alkyl halides is 3. The second-order valence-corrected chi connectivity index (χ2v) is 6.62. The largest absolute Gasteiger partial charge is 0.417 e. The van der Waals surface area contributed by atoms with Crippen molar-refractivity contribution in [3.05, 3.63) is 28.2 Å². The van der Waals surface area contributed by atoms with Gasteiger partial charge in [0.1, 0.15) is 0 Å². The van der Waals surface area contributed by atoms with Crippen molar-refractivity contribution in [2.45, 2.75) is 32.0 Å². The van der Waals surface area contributed by atoms with E-state index in [0.29, 0.717) is 11.6 Å². The van der Waals surface area contributed by atoms with Gasteiger partial charge in [-0.1, -0.05) is 15.9 Å². The van der Waals surface area contributed by atoms with E-state index in [1.54, 1.807) is 6.07 Å². The van der Waals surface area contributed by atoms with E-state index in [0.717, 1.165) is 25.9 Å². The van der Waals surface area contributed by atoms with Gasteiger partial charge in [-0.15, -0.1) is 0 Å². The number of rotatable bonds is 3. The number of halogens is 4. The van der Waals surface area contributed by atoms with Gasteiger partial charge in [-0.3, -0.25) is 0 Å². The van der Waals surface area contributed by atoms with Gasteiger partial charge in [-0.05, 0) is 64.0 Å². The van der Waals surface area contributed by atoms with E-state index < -0.39 is 11.7 Å². The van der Waals surface area contributed by atoms with Gasteiger partial charge in [-0.2, -0.15) is 13.2 Å². The van der Waals surface area contributed by atoms with E-state index in [1.807, 2.05) is 6.92 Å². The van der Waals surface area contributed by atoms with Crippen LogP contribution < -0.4 is 5.32 Å². The summed E-state index contributed by atoms with van der Waals surface area (Å²) in [5.74, 6) is 0.499. The van der Waals surface area contributed by atoms with Crippen LogP contribution in [0.4, 0.5) is 18.9 Å². The molecule has 0 aliphatic carbocycles. The van der Waals surface area contributed by atoms with Crippen LogP contribution in [0, 0.1) is 5.92 Å². The molecule has 1 aromatic rings. The highest BCUT2D eigenvalue weighted by molar-refractivity contribution is 9.10. The van der Waals surface area contributed by atoms with E-state index in [9.17, 15) is 13.2 Å². The number of hydrogen-bond acceptors (Lipinski definition) is 2. The third-order valence-corrected chi connectivity index (χ3v) is 4.83. The molecule has 1 atom stereocenters. The van der Waals surface area contributed by atoms with Crippen molar-refractivity contribution in [2.75, 3.05) is 25.5 Å². The van der Waals surface area contributed by atoms with Crippen molar-refractivity contribution in [3.8, 4) is 0 Å². The zero-order valence-corrected chi connectivity index (χ0v) is 13.8. The summed E-state index contributed by atoms with van der Waals surface area (Å²) < 4.78 is 38.8. The molecular weight excluding hydrogens is 345 g/mol. The molecule has 1 saturated heterocycles. The molecule has 0 amide bonds. The van der Waals surface area contributed by atoms with Gasteiger partial charge in [0.05, 0.1) is 5.56 Å². The van der Waals surface area contributed by atoms with Gasteiger partial charge in [0.2, 0.25) is 0 Å². The van der Waals surface area contributed by atoms with Gasteiger partial charge < -0.3 is 10.2 Å². The summed E-state index contributed by atoms with van der Waals surface area (Å²) in [5, 5.41) is 3.23. The van der Waals surface area contributed by atoms with Crippen molar-refractivity contribution in [2.24, 2.45) is 5.92 Å². The minimum Gasteiger partial charge on any atom is -0.382 e. The van der Waals surface area contributed by atoms with Crippen LogP contribution in [0.3, 0.4) is 0 Å². The Bertz CT molecular complexity index is 482. The molecule has 21 heavy (non-hydrogen) atoms. The third-order valence-electron chi connectivity index (χ3n) is 4.14. The zero-order valence-electron chi connectivity index (χ0n) is 12.2. The van der Waals surface area contributed by atoms with E-state index in [-0.39, 0.29) is 10.5 Å². The number of nitrogens with one attached hydrogen (secondary N) is 1. The smallest absolute Gasteiger partial charge is 0.382 e. The number of benzene rings is 1. The van der Waals surface area contributed by atoms with Crippen LogP contribution >= 0.6 is 15.9 Å². The molecule has 1 fully saturated rings. The quantitative estimate of drug-likeness (QED) is 0.842. The summed E-state index contributed by atoms with van der Waals surface area (Å²) in [6, 6.07) is 4.48. The van der Waals surface area contributed by atoms with Crippen LogP contribution in [0.15, 0.2) is 22.7 Å². The standard InChI is InChI=1S/C15H20BrF3N2/c1-10(11-5-7-21(2)8-6-11)20-12-3-4-14(16)13(9-12)15(17,18)19/h3-4,9-11,20H,5-8H2,1-2H3. The molecule has 0 radical (unpaired) electrons. The maximum atomic E-state index is 12.9. The van der Waals surface area contributed by atoms with Crippen LogP contribution in [-0.4, -0.2) is 31.1 Å². The highest BCUT2D eigenvalue weighted by Gasteiger charge is 2.33. The molecule has 2 nitrogen and oxygen atoms in total. The molecule has 1 aliphatic heterocycles. The Balaban J connectivity index is 2.06. The van der Waals surface area contributed by atoms with Crippen LogP contribution in [0.2, 0.25) is 0 Å². The molecule has 0 spiro atoms. The lowest BCUT2D eigenvalue weighted by Gasteiger charge is -2.33. The summed E-state index contributed by atoms with van der Waals surface area (Å²) >= 11 is 2.96. The van der Waals surface area contributed by atoms with Crippen molar-refractivity contribution >= 4 is 21.6 Å². The van der Waals surface area contributed by atoms with E-state index >= 15 is 0 Å². The highest BCUT2D eigenvalue weighted by atomic mass is 79.9. The Morgan fingerprint density at radius 2 is 1.90 bits per heavy atom. The molecule has 1 heterocycles. The number of nitrogens with zero attached hydrogens (tertiary/aromatic N) is 1. The average Bonchev–Trinajstić information content (AvgIpc) is 2.40. The summed E-state index contributed by atoms with van der Waals surface area (Å²) in [6.07, 6.45) is -2.19. The third kappa shape index (κ3) is 4.36. The van der Waals surface area contributed by atoms with Crippen molar-refractivity contribution in [1.82, 2.24) is 4.90 Å². The van der Waals surface area contributed by atoms with Crippen molar-refractivity contribution in [3.63, 3.8) is 0 Å². The second kappa shape index (κ2) is 6.57. The minimum atomic E-state index is -4.34. The molecule has 0 saturated carbocycles. The maximum Gasteiger partial charge on any atom is 0.417 e. The first-order valence-corrected chi connectivity index (χ1v) is 7.88. The monoisotopic (exact) mass is 364 g/mol. The zero-order chi connectivity index (χ0) is 15.6. The number of anilines is 1. The van der Waals surface area contributed by atoms with E-state index in [2.05, 4.69) is 33.2 Å². The topological polar surface area (TPSA) is 15.3 Å². The Morgan fingerprint density at radius 1 is 1.29 bits per heavy atom. The maximum absolute atomic E-state index is 12.9. The average molecular weight is 365 g/mol. The van der Waals surface area contributed by atoms with Crippen LogP contribution in [0.25, 0.3) is 0 Å². The molecule has 1 aromatic carbocycles. The predicted molar refractivity (Wildman–Crippen MR) is 82.4 cm³/mol. The van der Waals surface area contributed by atoms with Gasteiger partial charge in [0.25, 0.3) is 0 Å². The van der Waals surface area contributed by atoms with E-state index in [1.165, 1.54) is 12.1 Å². The Kier molecular flexibility index (Phi) is 5.20. The number of likely N-dealkylation sites (tertiary alicyclic amines) is 1. The lowest BCUT2D eigenvalue weighted by atomic mass is 9.90. The molecule has 0 bridgehead atoms. The summed E-state index contributed by atoms with van der Waals surface area (Å²) in [4.78, 5) is 2.28. The molecule has 1 aliphatic rings. The minimum absolute atomic E-state index is 0.0764. The van der Waals surface area contributed by atoms with Crippen LogP contribution in [0.1, 0.15) is 25.3 Å². The molecule has 6 heteroatoms. The lowest BCUT2D eigenvalue weighted by Crippen LogP contribution is -2.37. The summed E-state index contributed by atoms with van der Waals surface area (Å²) in [6.45, 7) is 4.14. The molecular formula is C15H20BrF3N2. The molecule has 0 aromatic heterocycles. The van der Waals surface area contributed by atoms with Gasteiger partial charge >= 0.3 is 6.18 Å². The van der Waals surface area contributed by atoms with Crippen LogP contribution in [0.5, 0.6) is 0 Å². The number of piperidine rings is 1. The SMILES string of the molecule is CC(Nc1ccc(Br)c(C(F)(F)F)c1)C1CCN(C)CC1. The van der Waals surface area contributed by atoms with Gasteiger partial charge in [0.15, 0.2) is 0 Å². The normalized spacial score (nSPS) is 19.5. The Labute approximate surface area is 131 Å². The first kappa shape index (κ1) is 16.6. The van der Waals surface area contributed by atoms with Gasteiger partial charge in [0, 0.05) is 16.2 Å². The predicted octanol–water partition coefficient (Wildman–Crippen LogP) is 4.61.